The van der Waals surface area contributed by atoms with Crippen molar-refractivity contribution in [2.75, 3.05) is 7.11 Å². The SMILES string of the molecule is COc1ccc(Br)c(CC(=O)c2c(F)cc(F)cc2F)c1. The van der Waals surface area contributed by atoms with Gasteiger partial charge in [0.25, 0.3) is 0 Å². The smallest absolute Gasteiger partial charge is 0.173 e. The molecule has 2 aromatic rings. The van der Waals surface area contributed by atoms with Crippen LogP contribution < -0.4 is 4.74 Å². The van der Waals surface area contributed by atoms with Crippen LogP contribution in [0.2, 0.25) is 0 Å². The third kappa shape index (κ3) is 3.44. The Labute approximate surface area is 127 Å². The minimum absolute atomic E-state index is 0.239. The third-order valence-electron chi connectivity index (χ3n) is 2.89. The van der Waals surface area contributed by atoms with Crippen molar-refractivity contribution in [1.82, 2.24) is 0 Å². The second-order valence-electron chi connectivity index (χ2n) is 4.30. The van der Waals surface area contributed by atoms with Gasteiger partial charge in [0, 0.05) is 23.0 Å². The number of hydrogen-bond acceptors (Lipinski definition) is 2. The van der Waals surface area contributed by atoms with Gasteiger partial charge in [0.05, 0.1) is 12.7 Å². The van der Waals surface area contributed by atoms with E-state index in [0.29, 0.717) is 27.9 Å². The highest BCUT2D eigenvalue weighted by Crippen LogP contribution is 2.25. The average Bonchev–Trinajstić information content (AvgIpc) is 2.40. The lowest BCUT2D eigenvalue weighted by Gasteiger charge is -2.08. The first-order valence-electron chi connectivity index (χ1n) is 5.92. The molecule has 6 heteroatoms. The van der Waals surface area contributed by atoms with Crippen molar-refractivity contribution in [2.45, 2.75) is 6.42 Å². The number of carbonyl (C=O) groups is 1. The average molecular weight is 359 g/mol. The Morgan fingerprint density at radius 1 is 1.14 bits per heavy atom. The summed E-state index contributed by atoms with van der Waals surface area (Å²) in [5.74, 6) is -3.75. The molecule has 0 unspecified atom stereocenters. The predicted molar refractivity (Wildman–Crippen MR) is 75.0 cm³/mol. The molecule has 21 heavy (non-hydrogen) atoms. The molecule has 0 amide bonds. The third-order valence-corrected chi connectivity index (χ3v) is 3.66. The quantitative estimate of drug-likeness (QED) is 0.761. The number of rotatable bonds is 4. The van der Waals surface area contributed by atoms with Gasteiger partial charge in [-0.15, -0.1) is 0 Å². The number of ketones is 1. The maximum atomic E-state index is 13.6. The van der Waals surface area contributed by atoms with Crippen LogP contribution in [0.25, 0.3) is 0 Å². The molecule has 2 nitrogen and oxygen atoms in total. The van der Waals surface area contributed by atoms with Crippen molar-refractivity contribution >= 4 is 21.7 Å². The van der Waals surface area contributed by atoms with Crippen LogP contribution in [-0.2, 0) is 6.42 Å². The normalized spacial score (nSPS) is 10.5. The van der Waals surface area contributed by atoms with Gasteiger partial charge in [-0.25, -0.2) is 13.2 Å². The minimum atomic E-state index is -1.21. The van der Waals surface area contributed by atoms with Gasteiger partial charge < -0.3 is 4.74 Å². The van der Waals surface area contributed by atoms with E-state index >= 15 is 0 Å². The maximum Gasteiger partial charge on any atom is 0.173 e. The van der Waals surface area contributed by atoms with Crippen molar-refractivity contribution in [1.29, 1.82) is 0 Å². The van der Waals surface area contributed by atoms with Gasteiger partial charge in [0.15, 0.2) is 5.78 Å². The van der Waals surface area contributed by atoms with Crippen LogP contribution in [0.15, 0.2) is 34.8 Å². The molecule has 0 heterocycles. The van der Waals surface area contributed by atoms with Crippen molar-refractivity contribution in [3.05, 3.63) is 63.4 Å². The van der Waals surface area contributed by atoms with Gasteiger partial charge in [-0.05, 0) is 23.8 Å². The van der Waals surface area contributed by atoms with Crippen LogP contribution in [-0.4, -0.2) is 12.9 Å². The van der Waals surface area contributed by atoms with Crippen molar-refractivity contribution < 1.29 is 22.7 Å². The molecule has 0 aliphatic carbocycles. The van der Waals surface area contributed by atoms with Gasteiger partial charge in [0.2, 0.25) is 0 Å². The first kappa shape index (κ1) is 15.6. The van der Waals surface area contributed by atoms with Gasteiger partial charge in [-0.3, -0.25) is 4.79 Å². The fourth-order valence-electron chi connectivity index (χ4n) is 1.88. The van der Waals surface area contributed by atoms with Crippen LogP contribution in [0.1, 0.15) is 15.9 Å². The monoisotopic (exact) mass is 358 g/mol. The van der Waals surface area contributed by atoms with Crippen LogP contribution in [0.5, 0.6) is 5.75 Å². The van der Waals surface area contributed by atoms with E-state index in [1.807, 2.05) is 0 Å². The summed E-state index contributed by atoms with van der Waals surface area (Å²) < 4.78 is 45.6. The second kappa shape index (κ2) is 6.30. The molecular formula is C15H10BrF3O2. The lowest BCUT2D eigenvalue weighted by atomic mass is 10.0. The molecule has 0 bridgehead atoms. The van der Waals surface area contributed by atoms with Crippen LogP contribution in [0.3, 0.4) is 0 Å². The Balaban J connectivity index is 2.35. The summed E-state index contributed by atoms with van der Waals surface area (Å²) in [6.45, 7) is 0. The number of carbonyl (C=O) groups excluding carboxylic acids is 1. The van der Waals surface area contributed by atoms with Crippen molar-refractivity contribution in [3.63, 3.8) is 0 Å². The molecule has 0 atom stereocenters. The number of benzene rings is 2. The standard InChI is InChI=1S/C15H10BrF3O2/c1-21-10-2-3-11(16)8(4-10)5-14(20)15-12(18)6-9(17)7-13(15)19/h2-4,6-7H,5H2,1H3. The number of ether oxygens (including phenoxy) is 1. The largest absolute Gasteiger partial charge is 0.497 e. The number of Topliss-reactive ketones (excluding diaryl/α,β-unsaturated/α-hetero) is 1. The number of methoxy groups -OCH3 is 1. The first-order chi connectivity index (χ1) is 9.92. The molecule has 0 aromatic heterocycles. The molecule has 0 aliphatic rings. The molecular weight excluding hydrogens is 349 g/mol. The van der Waals surface area contributed by atoms with Crippen LogP contribution in [0.4, 0.5) is 13.2 Å². The highest BCUT2D eigenvalue weighted by atomic mass is 79.9. The molecule has 0 radical (unpaired) electrons. The second-order valence-corrected chi connectivity index (χ2v) is 5.16. The molecule has 0 fully saturated rings. The topological polar surface area (TPSA) is 26.3 Å². The van der Waals surface area contributed by atoms with E-state index in [-0.39, 0.29) is 6.42 Å². The Bertz CT molecular complexity index is 678. The fourth-order valence-corrected chi connectivity index (χ4v) is 2.27. The summed E-state index contributed by atoms with van der Waals surface area (Å²) in [5, 5.41) is 0. The number of halogens is 4. The van der Waals surface area contributed by atoms with Crippen LogP contribution in [0, 0.1) is 17.5 Å². The van der Waals surface area contributed by atoms with Crippen LogP contribution >= 0.6 is 15.9 Å². The van der Waals surface area contributed by atoms with E-state index in [4.69, 9.17) is 4.74 Å². The summed E-state index contributed by atoms with van der Waals surface area (Å²) in [7, 11) is 1.47. The van der Waals surface area contributed by atoms with E-state index in [1.54, 1.807) is 18.2 Å². The molecule has 2 aromatic carbocycles. The summed E-state index contributed by atoms with van der Waals surface area (Å²) in [5.41, 5.74) is -0.228. The first-order valence-corrected chi connectivity index (χ1v) is 6.72. The molecule has 0 aliphatic heterocycles. The molecule has 0 saturated heterocycles. The van der Waals surface area contributed by atoms with Crippen molar-refractivity contribution in [2.24, 2.45) is 0 Å². The highest BCUT2D eigenvalue weighted by Gasteiger charge is 2.20. The zero-order valence-corrected chi connectivity index (χ0v) is 12.5. The fraction of sp³-hybridized carbons (Fsp3) is 0.133. The van der Waals surface area contributed by atoms with E-state index in [0.717, 1.165) is 0 Å². The molecule has 0 spiro atoms. The van der Waals surface area contributed by atoms with E-state index < -0.39 is 28.8 Å². The maximum absolute atomic E-state index is 13.6. The summed E-state index contributed by atoms with van der Waals surface area (Å²) in [6.07, 6.45) is -0.239. The van der Waals surface area contributed by atoms with Gasteiger partial charge in [-0.1, -0.05) is 15.9 Å². The highest BCUT2D eigenvalue weighted by molar-refractivity contribution is 9.10. The summed E-state index contributed by atoms with van der Waals surface area (Å²) in [6, 6.07) is 5.89. The van der Waals surface area contributed by atoms with Crippen molar-refractivity contribution in [3.8, 4) is 5.75 Å². The van der Waals surface area contributed by atoms with E-state index in [9.17, 15) is 18.0 Å². The minimum Gasteiger partial charge on any atom is -0.497 e. The van der Waals surface area contributed by atoms with Gasteiger partial charge in [-0.2, -0.15) is 0 Å². The van der Waals surface area contributed by atoms with Gasteiger partial charge >= 0.3 is 0 Å². The van der Waals surface area contributed by atoms with E-state index in [2.05, 4.69) is 15.9 Å². The zero-order valence-electron chi connectivity index (χ0n) is 10.9. The Morgan fingerprint density at radius 3 is 2.33 bits per heavy atom. The lowest BCUT2D eigenvalue weighted by molar-refractivity contribution is 0.0984. The predicted octanol–water partition coefficient (Wildman–Crippen LogP) is 4.30. The molecule has 0 saturated carbocycles. The number of hydrogen-bond donors (Lipinski definition) is 0. The summed E-state index contributed by atoms with van der Waals surface area (Å²) in [4.78, 5) is 12.1. The lowest BCUT2D eigenvalue weighted by Crippen LogP contribution is -2.10. The Hall–Kier alpha value is -1.82. The summed E-state index contributed by atoms with van der Waals surface area (Å²) >= 11 is 3.25. The Kier molecular flexibility index (Phi) is 4.67. The van der Waals surface area contributed by atoms with Gasteiger partial charge in [0.1, 0.15) is 23.2 Å². The van der Waals surface area contributed by atoms with E-state index in [1.165, 1.54) is 7.11 Å². The zero-order chi connectivity index (χ0) is 15.6. The molecule has 0 N–H and O–H groups in total. The molecule has 110 valence electrons. The molecule has 2 rings (SSSR count). The Morgan fingerprint density at radius 2 is 1.76 bits per heavy atom.